The first-order valence-corrected chi connectivity index (χ1v) is 8.39. The molecule has 5 heteroatoms. The smallest absolute Gasteiger partial charge is 0.226 e. The van der Waals surface area contributed by atoms with Crippen LogP contribution in [-0.2, 0) is 13.0 Å². The number of hydrogen-bond donors (Lipinski definition) is 1. The third kappa shape index (κ3) is 5.08. The van der Waals surface area contributed by atoms with Crippen molar-refractivity contribution in [2.75, 3.05) is 6.54 Å². The Balaban J connectivity index is 1.94. The molecule has 21 heavy (non-hydrogen) atoms. The second kappa shape index (κ2) is 7.90. The molecule has 2 rings (SSSR count). The van der Waals surface area contributed by atoms with Crippen molar-refractivity contribution in [1.29, 1.82) is 0 Å². The van der Waals surface area contributed by atoms with E-state index in [1.807, 2.05) is 0 Å². The molecule has 0 aliphatic heterocycles. The molecule has 120 valence electrons. The number of nitrogens with two attached hydrogens (primary N) is 1. The molecule has 1 saturated carbocycles. The Morgan fingerprint density at radius 1 is 1.29 bits per heavy atom. The average molecular weight is 294 g/mol. The summed E-state index contributed by atoms with van der Waals surface area (Å²) in [7, 11) is 0. The maximum atomic E-state index is 6.02. The van der Waals surface area contributed by atoms with E-state index in [4.69, 9.17) is 10.3 Å². The largest absolute Gasteiger partial charge is 0.339 e. The summed E-state index contributed by atoms with van der Waals surface area (Å²) in [4.78, 5) is 7.05. The van der Waals surface area contributed by atoms with Gasteiger partial charge in [-0.15, -0.1) is 0 Å². The van der Waals surface area contributed by atoms with E-state index in [9.17, 15) is 0 Å². The van der Waals surface area contributed by atoms with E-state index in [0.29, 0.717) is 18.0 Å². The molecule has 2 N–H and O–H groups in total. The van der Waals surface area contributed by atoms with Crippen molar-refractivity contribution in [2.24, 2.45) is 11.7 Å². The van der Waals surface area contributed by atoms with Crippen LogP contribution in [0.15, 0.2) is 4.52 Å². The van der Waals surface area contributed by atoms with Crippen LogP contribution in [0.1, 0.15) is 64.6 Å². The number of rotatable bonds is 7. The summed E-state index contributed by atoms with van der Waals surface area (Å²) in [5, 5.41) is 4.15. The van der Waals surface area contributed by atoms with Gasteiger partial charge in [0, 0.05) is 18.5 Å². The standard InChI is InChI=1S/C16H30N4O/c1-4-9-20(14-7-5-13(17)6-8-14)11-15-18-16(21-19-15)10-12(2)3/h12-14H,4-11,17H2,1-3H3. The second-order valence-electron chi connectivity index (χ2n) is 6.74. The van der Waals surface area contributed by atoms with Gasteiger partial charge in [-0.25, -0.2) is 0 Å². The van der Waals surface area contributed by atoms with Crippen molar-refractivity contribution in [2.45, 2.75) is 77.9 Å². The van der Waals surface area contributed by atoms with Crippen LogP contribution < -0.4 is 5.73 Å². The summed E-state index contributed by atoms with van der Waals surface area (Å²) in [6.45, 7) is 8.45. The van der Waals surface area contributed by atoms with Gasteiger partial charge in [0.15, 0.2) is 5.82 Å². The van der Waals surface area contributed by atoms with Crippen LogP contribution in [0, 0.1) is 5.92 Å². The summed E-state index contributed by atoms with van der Waals surface area (Å²) < 4.78 is 5.35. The Morgan fingerprint density at radius 3 is 2.62 bits per heavy atom. The Hall–Kier alpha value is -0.940. The van der Waals surface area contributed by atoms with Crippen molar-refractivity contribution in [3.8, 4) is 0 Å². The zero-order chi connectivity index (χ0) is 15.2. The van der Waals surface area contributed by atoms with E-state index in [1.165, 1.54) is 12.8 Å². The Kier molecular flexibility index (Phi) is 6.18. The molecule has 1 aromatic heterocycles. The molecule has 1 aromatic rings. The molecular weight excluding hydrogens is 264 g/mol. The van der Waals surface area contributed by atoms with Crippen LogP contribution in [0.25, 0.3) is 0 Å². The van der Waals surface area contributed by atoms with Crippen LogP contribution in [0.3, 0.4) is 0 Å². The van der Waals surface area contributed by atoms with Crippen molar-refractivity contribution >= 4 is 0 Å². The highest BCUT2D eigenvalue weighted by Crippen LogP contribution is 2.23. The van der Waals surface area contributed by atoms with Gasteiger partial charge >= 0.3 is 0 Å². The second-order valence-corrected chi connectivity index (χ2v) is 6.74. The van der Waals surface area contributed by atoms with Crippen LogP contribution in [-0.4, -0.2) is 33.7 Å². The molecule has 0 bridgehead atoms. The van der Waals surface area contributed by atoms with E-state index in [1.54, 1.807) is 0 Å². The molecule has 0 radical (unpaired) electrons. The molecule has 1 aliphatic carbocycles. The van der Waals surface area contributed by atoms with Gasteiger partial charge in [0.25, 0.3) is 0 Å². The molecule has 0 aromatic carbocycles. The summed E-state index contributed by atoms with van der Waals surface area (Å²) in [6.07, 6.45) is 6.67. The van der Waals surface area contributed by atoms with Gasteiger partial charge in [-0.05, 0) is 44.6 Å². The quantitative estimate of drug-likeness (QED) is 0.837. The Labute approximate surface area is 128 Å². The van der Waals surface area contributed by atoms with Crippen molar-refractivity contribution in [1.82, 2.24) is 15.0 Å². The maximum Gasteiger partial charge on any atom is 0.226 e. The molecule has 0 unspecified atom stereocenters. The molecule has 1 fully saturated rings. The molecule has 0 atom stereocenters. The number of nitrogens with zero attached hydrogens (tertiary/aromatic N) is 3. The predicted octanol–water partition coefficient (Wildman–Crippen LogP) is 2.75. The molecule has 1 aliphatic rings. The van der Waals surface area contributed by atoms with Crippen molar-refractivity contribution in [3.05, 3.63) is 11.7 Å². The first-order valence-electron chi connectivity index (χ1n) is 8.39. The molecular formula is C16H30N4O. The van der Waals surface area contributed by atoms with E-state index < -0.39 is 0 Å². The SMILES string of the molecule is CCCN(Cc1noc(CC(C)C)n1)C1CCC(N)CC1. The first kappa shape index (κ1) is 16.4. The van der Waals surface area contributed by atoms with Crippen LogP contribution in [0.4, 0.5) is 0 Å². The fourth-order valence-electron chi connectivity index (χ4n) is 3.11. The lowest BCUT2D eigenvalue weighted by molar-refractivity contribution is 0.137. The lowest BCUT2D eigenvalue weighted by Crippen LogP contribution is -2.41. The summed E-state index contributed by atoms with van der Waals surface area (Å²) in [6, 6.07) is 1.02. The number of hydrogen-bond acceptors (Lipinski definition) is 5. The van der Waals surface area contributed by atoms with E-state index in [2.05, 4.69) is 35.8 Å². The monoisotopic (exact) mass is 294 g/mol. The lowest BCUT2D eigenvalue weighted by Gasteiger charge is -2.35. The van der Waals surface area contributed by atoms with Crippen LogP contribution >= 0.6 is 0 Å². The fraction of sp³-hybridized carbons (Fsp3) is 0.875. The van der Waals surface area contributed by atoms with Gasteiger partial charge in [-0.3, -0.25) is 4.90 Å². The van der Waals surface area contributed by atoms with E-state index >= 15 is 0 Å². The molecule has 1 heterocycles. The van der Waals surface area contributed by atoms with E-state index in [-0.39, 0.29) is 0 Å². The Bertz CT molecular complexity index is 410. The first-order chi connectivity index (χ1) is 10.1. The minimum absolute atomic E-state index is 0.396. The average Bonchev–Trinajstić information content (AvgIpc) is 2.85. The fourth-order valence-corrected chi connectivity index (χ4v) is 3.11. The highest BCUT2D eigenvalue weighted by atomic mass is 16.5. The molecule has 5 nitrogen and oxygen atoms in total. The van der Waals surface area contributed by atoms with Crippen LogP contribution in [0.2, 0.25) is 0 Å². The third-order valence-electron chi connectivity index (χ3n) is 4.21. The van der Waals surface area contributed by atoms with Gasteiger partial charge in [-0.1, -0.05) is 25.9 Å². The van der Waals surface area contributed by atoms with E-state index in [0.717, 1.165) is 50.5 Å². The van der Waals surface area contributed by atoms with Crippen molar-refractivity contribution < 1.29 is 4.52 Å². The minimum Gasteiger partial charge on any atom is -0.339 e. The Morgan fingerprint density at radius 2 is 2.00 bits per heavy atom. The zero-order valence-electron chi connectivity index (χ0n) is 13.7. The minimum atomic E-state index is 0.396. The van der Waals surface area contributed by atoms with Crippen LogP contribution in [0.5, 0.6) is 0 Å². The lowest BCUT2D eigenvalue weighted by atomic mass is 9.90. The topological polar surface area (TPSA) is 68.2 Å². The molecule has 0 amide bonds. The molecule has 0 spiro atoms. The predicted molar refractivity (Wildman–Crippen MR) is 83.8 cm³/mol. The summed E-state index contributed by atoms with van der Waals surface area (Å²) >= 11 is 0. The van der Waals surface area contributed by atoms with Gasteiger partial charge in [0.1, 0.15) is 0 Å². The van der Waals surface area contributed by atoms with Gasteiger partial charge in [0.05, 0.1) is 6.54 Å². The summed E-state index contributed by atoms with van der Waals surface area (Å²) in [5.41, 5.74) is 6.02. The zero-order valence-corrected chi connectivity index (χ0v) is 13.7. The normalized spacial score (nSPS) is 23.1. The highest BCUT2D eigenvalue weighted by molar-refractivity contribution is 4.90. The number of aromatic nitrogens is 2. The van der Waals surface area contributed by atoms with Crippen molar-refractivity contribution in [3.63, 3.8) is 0 Å². The highest BCUT2D eigenvalue weighted by Gasteiger charge is 2.25. The van der Waals surface area contributed by atoms with Gasteiger partial charge < -0.3 is 10.3 Å². The maximum absolute atomic E-state index is 6.02. The third-order valence-corrected chi connectivity index (χ3v) is 4.21. The van der Waals surface area contributed by atoms with Gasteiger partial charge in [-0.2, -0.15) is 4.98 Å². The summed E-state index contributed by atoms with van der Waals surface area (Å²) in [5.74, 6) is 2.14. The van der Waals surface area contributed by atoms with Gasteiger partial charge in [0.2, 0.25) is 5.89 Å². The molecule has 0 saturated heterocycles.